The zero-order chi connectivity index (χ0) is 15.5. The fourth-order valence-electron chi connectivity index (χ4n) is 3.12. The molecular formula is C16H24O3S2. The Morgan fingerprint density at radius 1 is 1.19 bits per heavy atom. The van der Waals surface area contributed by atoms with Crippen molar-refractivity contribution in [3.63, 3.8) is 0 Å². The van der Waals surface area contributed by atoms with E-state index in [4.69, 9.17) is 4.74 Å². The molecule has 0 bridgehead atoms. The van der Waals surface area contributed by atoms with Crippen molar-refractivity contribution in [2.75, 3.05) is 13.4 Å². The minimum atomic E-state index is -3.33. The van der Waals surface area contributed by atoms with Gasteiger partial charge in [-0.2, -0.15) is 0 Å². The zero-order valence-electron chi connectivity index (χ0n) is 12.9. The molecule has 0 aromatic heterocycles. The van der Waals surface area contributed by atoms with Crippen molar-refractivity contribution in [1.82, 2.24) is 0 Å². The van der Waals surface area contributed by atoms with Crippen LogP contribution in [0.2, 0.25) is 0 Å². The van der Waals surface area contributed by atoms with Crippen LogP contribution < -0.4 is 0 Å². The van der Waals surface area contributed by atoms with Crippen LogP contribution in [0.1, 0.15) is 31.2 Å². The molecule has 1 aromatic rings. The van der Waals surface area contributed by atoms with Gasteiger partial charge < -0.3 is 4.74 Å². The zero-order valence-corrected chi connectivity index (χ0v) is 14.5. The van der Waals surface area contributed by atoms with Crippen molar-refractivity contribution in [3.8, 4) is 0 Å². The molecule has 0 N–H and O–H groups in total. The summed E-state index contributed by atoms with van der Waals surface area (Å²) in [6.07, 6.45) is 6.04. The molecule has 0 heterocycles. The van der Waals surface area contributed by atoms with Crippen LogP contribution in [0.4, 0.5) is 0 Å². The maximum atomic E-state index is 13.0. The third kappa shape index (κ3) is 3.63. The van der Waals surface area contributed by atoms with Gasteiger partial charge in [-0.25, -0.2) is 8.42 Å². The predicted octanol–water partition coefficient (Wildman–Crippen LogP) is 3.66. The fourth-order valence-corrected chi connectivity index (χ4v) is 6.69. The number of methoxy groups -OCH3 is 1. The molecule has 1 aliphatic rings. The van der Waals surface area contributed by atoms with E-state index < -0.39 is 14.4 Å². The highest BCUT2D eigenvalue weighted by Gasteiger charge is 2.39. The molecule has 0 radical (unpaired) electrons. The Bertz CT molecular complexity index is 551. The summed E-state index contributed by atoms with van der Waals surface area (Å²) >= 11 is 1.43. The van der Waals surface area contributed by atoms with E-state index in [0.717, 1.165) is 31.2 Å². The van der Waals surface area contributed by atoms with Crippen molar-refractivity contribution in [3.05, 3.63) is 29.8 Å². The molecule has 0 amide bonds. The molecule has 0 aliphatic heterocycles. The van der Waals surface area contributed by atoms with Crippen molar-refractivity contribution < 1.29 is 13.2 Å². The molecular weight excluding hydrogens is 304 g/mol. The Labute approximate surface area is 132 Å². The molecule has 5 heteroatoms. The topological polar surface area (TPSA) is 43.4 Å². The van der Waals surface area contributed by atoms with Crippen LogP contribution in [0.5, 0.6) is 0 Å². The van der Waals surface area contributed by atoms with Crippen molar-refractivity contribution in [2.24, 2.45) is 5.92 Å². The maximum absolute atomic E-state index is 13.0. The first kappa shape index (κ1) is 16.8. The summed E-state index contributed by atoms with van der Waals surface area (Å²) in [6, 6.07) is 7.16. The Kier molecular flexibility index (Phi) is 5.74. The van der Waals surface area contributed by atoms with Gasteiger partial charge in [-0.15, -0.1) is 11.8 Å². The second-order valence-electron chi connectivity index (χ2n) is 5.68. The first-order chi connectivity index (χ1) is 10.0. The quantitative estimate of drug-likeness (QED) is 0.827. The van der Waals surface area contributed by atoms with Crippen LogP contribution in [-0.4, -0.2) is 32.5 Å². The molecule has 0 spiro atoms. The van der Waals surface area contributed by atoms with Crippen molar-refractivity contribution in [1.29, 1.82) is 0 Å². The van der Waals surface area contributed by atoms with Gasteiger partial charge in [0.1, 0.15) is 4.58 Å². The van der Waals surface area contributed by atoms with E-state index in [0.29, 0.717) is 4.90 Å². The molecule has 1 unspecified atom stereocenters. The standard InChI is InChI=1S/C16H24O3S2/c1-12-8-10-13(11-9-12)21(17,18)16(20-3)14-6-4-5-7-15(14)19-2/h8-11,14-16H,4-7H2,1-3H3/t14-,15-,16?/m1/s1. The van der Waals surface area contributed by atoms with Gasteiger partial charge in [0.05, 0.1) is 11.0 Å². The highest BCUT2D eigenvalue weighted by atomic mass is 32.3. The second-order valence-corrected chi connectivity index (χ2v) is 9.03. The van der Waals surface area contributed by atoms with Crippen molar-refractivity contribution in [2.45, 2.75) is 48.2 Å². The number of rotatable bonds is 5. The monoisotopic (exact) mass is 328 g/mol. The van der Waals surface area contributed by atoms with E-state index >= 15 is 0 Å². The van der Waals surface area contributed by atoms with Gasteiger partial charge >= 0.3 is 0 Å². The van der Waals surface area contributed by atoms with Gasteiger partial charge in [-0.1, -0.05) is 30.5 Å². The average molecular weight is 328 g/mol. The lowest BCUT2D eigenvalue weighted by Crippen LogP contribution is -2.38. The summed E-state index contributed by atoms with van der Waals surface area (Å²) in [4.78, 5) is 0.424. The van der Waals surface area contributed by atoms with Gasteiger partial charge in [-0.05, 0) is 38.2 Å². The minimum absolute atomic E-state index is 0.0522. The van der Waals surface area contributed by atoms with Crippen LogP contribution in [0.3, 0.4) is 0 Å². The summed E-state index contributed by atoms with van der Waals surface area (Å²) in [5.74, 6) is 0.0741. The normalized spacial score (nSPS) is 24.7. The largest absolute Gasteiger partial charge is 0.381 e. The Morgan fingerprint density at radius 3 is 2.38 bits per heavy atom. The lowest BCUT2D eigenvalue weighted by Gasteiger charge is -2.35. The van der Waals surface area contributed by atoms with Gasteiger partial charge in [0, 0.05) is 13.0 Å². The molecule has 21 heavy (non-hydrogen) atoms. The molecule has 3 nitrogen and oxygen atoms in total. The number of benzene rings is 1. The Balaban J connectivity index is 2.32. The predicted molar refractivity (Wildman–Crippen MR) is 88.4 cm³/mol. The van der Waals surface area contributed by atoms with E-state index in [1.54, 1.807) is 19.2 Å². The first-order valence-electron chi connectivity index (χ1n) is 7.37. The maximum Gasteiger partial charge on any atom is 0.190 e. The minimum Gasteiger partial charge on any atom is -0.381 e. The van der Waals surface area contributed by atoms with Gasteiger partial charge in [-0.3, -0.25) is 0 Å². The number of hydrogen-bond donors (Lipinski definition) is 0. The number of aryl methyl sites for hydroxylation is 1. The number of sulfone groups is 1. The van der Waals surface area contributed by atoms with E-state index in [1.165, 1.54) is 11.8 Å². The van der Waals surface area contributed by atoms with Crippen LogP contribution in [0.15, 0.2) is 29.2 Å². The van der Waals surface area contributed by atoms with E-state index in [2.05, 4.69) is 0 Å². The van der Waals surface area contributed by atoms with Crippen LogP contribution in [0, 0.1) is 12.8 Å². The lowest BCUT2D eigenvalue weighted by molar-refractivity contribution is 0.0293. The smallest absolute Gasteiger partial charge is 0.190 e. The molecule has 1 saturated carbocycles. The molecule has 2 rings (SSSR count). The number of thioether (sulfide) groups is 1. The van der Waals surface area contributed by atoms with Gasteiger partial charge in [0.25, 0.3) is 0 Å². The SMILES string of the molecule is CO[C@@H]1CCCC[C@H]1C(SC)S(=O)(=O)c1ccc(C)cc1. The molecule has 0 saturated heterocycles. The fraction of sp³-hybridized carbons (Fsp3) is 0.625. The Morgan fingerprint density at radius 2 is 1.81 bits per heavy atom. The van der Waals surface area contributed by atoms with Crippen LogP contribution in [0.25, 0.3) is 0 Å². The summed E-state index contributed by atoms with van der Waals surface area (Å²) in [6.45, 7) is 1.96. The summed E-state index contributed by atoms with van der Waals surface area (Å²) in [7, 11) is -1.63. The first-order valence-corrected chi connectivity index (χ1v) is 10.2. The average Bonchev–Trinajstić information content (AvgIpc) is 2.48. The lowest BCUT2D eigenvalue weighted by atomic mass is 9.87. The molecule has 1 aliphatic carbocycles. The van der Waals surface area contributed by atoms with E-state index in [-0.39, 0.29) is 12.0 Å². The molecule has 1 aromatic carbocycles. The summed E-state index contributed by atoms with van der Waals surface area (Å²) in [5, 5.41) is 0. The summed E-state index contributed by atoms with van der Waals surface area (Å²) in [5.41, 5.74) is 1.07. The molecule has 3 atom stereocenters. The van der Waals surface area contributed by atoms with Gasteiger partial charge in [0.15, 0.2) is 9.84 Å². The van der Waals surface area contributed by atoms with E-state index in [1.807, 2.05) is 25.3 Å². The van der Waals surface area contributed by atoms with Crippen LogP contribution in [-0.2, 0) is 14.6 Å². The number of ether oxygens (including phenoxy) is 1. The number of hydrogen-bond acceptors (Lipinski definition) is 4. The van der Waals surface area contributed by atoms with Crippen molar-refractivity contribution >= 4 is 21.6 Å². The summed E-state index contributed by atoms with van der Waals surface area (Å²) < 4.78 is 31.1. The third-order valence-electron chi connectivity index (χ3n) is 4.29. The molecule has 1 fully saturated rings. The molecule has 118 valence electrons. The van der Waals surface area contributed by atoms with Crippen LogP contribution >= 0.6 is 11.8 Å². The van der Waals surface area contributed by atoms with E-state index in [9.17, 15) is 8.42 Å². The highest BCUT2D eigenvalue weighted by Crippen LogP contribution is 2.38. The third-order valence-corrected chi connectivity index (χ3v) is 8.34. The Hall–Kier alpha value is -0.520. The van der Waals surface area contributed by atoms with Gasteiger partial charge in [0.2, 0.25) is 0 Å². The second kappa shape index (κ2) is 7.16. The highest BCUT2D eigenvalue weighted by molar-refractivity contribution is 8.13.